The minimum Gasteiger partial charge on any atom is -0.399 e. The van der Waals surface area contributed by atoms with E-state index >= 15 is 0 Å². The van der Waals surface area contributed by atoms with E-state index in [1.807, 2.05) is 42.2 Å². The summed E-state index contributed by atoms with van der Waals surface area (Å²) in [4.78, 5) is 26.1. The maximum absolute atomic E-state index is 13.5. The molecule has 0 aliphatic carbocycles. The molecule has 2 aliphatic rings. The van der Waals surface area contributed by atoms with Gasteiger partial charge in [-0.3, -0.25) is 9.69 Å². The molecule has 5 rings (SSSR count). The first-order valence-electron chi connectivity index (χ1n) is 14.0. The van der Waals surface area contributed by atoms with Gasteiger partial charge in [-0.05, 0) is 80.3 Å². The quantitative estimate of drug-likeness (QED) is 0.397. The van der Waals surface area contributed by atoms with Crippen LogP contribution in [0.4, 0.5) is 5.69 Å². The van der Waals surface area contributed by atoms with Gasteiger partial charge in [-0.1, -0.05) is 32.0 Å². The summed E-state index contributed by atoms with van der Waals surface area (Å²) in [6.07, 6.45) is 3.23. The Kier molecular flexibility index (Phi) is 7.59. The number of amides is 1. The van der Waals surface area contributed by atoms with E-state index in [9.17, 15) is 9.90 Å². The predicted octanol–water partition coefficient (Wildman–Crippen LogP) is 5.10. The molecule has 3 heterocycles. The van der Waals surface area contributed by atoms with Crippen LogP contribution in [0.1, 0.15) is 78.8 Å². The zero-order valence-corrected chi connectivity index (χ0v) is 23.1. The van der Waals surface area contributed by atoms with E-state index < -0.39 is 6.23 Å². The zero-order valence-electron chi connectivity index (χ0n) is 23.1. The number of nitrogens with zero attached hydrogens (tertiary/aromatic N) is 3. The lowest BCUT2D eigenvalue weighted by Crippen LogP contribution is -2.46. The number of aromatic amines is 1. The zero-order chi connectivity index (χ0) is 27.0. The number of fused-ring (bicyclic) bond motifs is 1. The van der Waals surface area contributed by atoms with Crippen LogP contribution in [-0.4, -0.2) is 56.1 Å². The average molecular weight is 516 g/mol. The summed E-state index contributed by atoms with van der Waals surface area (Å²) in [5.41, 5.74) is 12.8. The molecule has 0 radical (unpaired) electrons. The Morgan fingerprint density at radius 1 is 1.13 bits per heavy atom. The number of carbonyl (C=O) groups excluding carboxylic acids is 1. The number of aliphatic hydroxyl groups excluding tert-OH is 1. The highest BCUT2D eigenvalue weighted by atomic mass is 16.3. The van der Waals surface area contributed by atoms with E-state index in [0.29, 0.717) is 23.9 Å². The molecule has 2 aliphatic heterocycles. The first kappa shape index (κ1) is 26.4. The minimum atomic E-state index is -0.509. The number of nitrogen functional groups attached to an aromatic ring is 1. The standard InChI is InChI=1S/C31H41N5O2/c1-19(2)15-26-17-28-29(18-36(26)21(4)37)34-30(33-28)27-16-24(6-5-20(27)3)31(38)35-13-11-23(12-14-35)22-7-9-25(32)10-8-22/h5-10,16,19,21,23,26,37H,11-15,17-18,32H2,1-4H3,(H,33,34). The number of carbonyl (C=O) groups is 1. The molecule has 2 unspecified atom stereocenters. The number of hydrogen-bond donors (Lipinski definition) is 3. The van der Waals surface area contributed by atoms with Crippen molar-refractivity contribution < 1.29 is 9.90 Å². The predicted molar refractivity (Wildman–Crippen MR) is 152 cm³/mol. The maximum atomic E-state index is 13.5. The number of nitrogens with two attached hydrogens (primary N) is 1. The first-order chi connectivity index (χ1) is 18.2. The highest BCUT2D eigenvalue weighted by Gasteiger charge is 2.32. The van der Waals surface area contributed by atoms with Gasteiger partial charge >= 0.3 is 0 Å². The van der Waals surface area contributed by atoms with Crippen molar-refractivity contribution in [1.82, 2.24) is 19.8 Å². The fourth-order valence-electron chi connectivity index (χ4n) is 6.10. The van der Waals surface area contributed by atoms with Crippen LogP contribution in [0.3, 0.4) is 0 Å². The van der Waals surface area contributed by atoms with E-state index in [2.05, 4.69) is 42.8 Å². The van der Waals surface area contributed by atoms with Gasteiger partial charge < -0.3 is 20.7 Å². The number of aromatic nitrogens is 2. The largest absolute Gasteiger partial charge is 0.399 e. The minimum absolute atomic E-state index is 0.0793. The molecule has 1 saturated heterocycles. The number of hydrogen-bond acceptors (Lipinski definition) is 5. The summed E-state index contributed by atoms with van der Waals surface area (Å²) in [5.74, 6) is 1.89. The number of aliphatic hydroxyl groups is 1. The van der Waals surface area contributed by atoms with E-state index in [1.165, 1.54) is 5.56 Å². The van der Waals surface area contributed by atoms with Crippen LogP contribution in [-0.2, 0) is 13.0 Å². The van der Waals surface area contributed by atoms with Crippen LogP contribution in [0, 0.1) is 12.8 Å². The van der Waals surface area contributed by atoms with Crippen molar-refractivity contribution in [2.24, 2.45) is 5.92 Å². The molecule has 3 aromatic rings. The van der Waals surface area contributed by atoms with E-state index in [4.69, 9.17) is 10.7 Å². The van der Waals surface area contributed by atoms with Crippen molar-refractivity contribution in [1.29, 1.82) is 0 Å². The number of likely N-dealkylation sites (tertiary alicyclic amines) is 1. The molecule has 4 N–H and O–H groups in total. The van der Waals surface area contributed by atoms with Gasteiger partial charge in [0.25, 0.3) is 5.91 Å². The van der Waals surface area contributed by atoms with Crippen LogP contribution >= 0.6 is 0 Å². The maximum Gasteiger partial charge on any atom is 0.253 e. The molecule has 38 heavy (non-hydrogen) atoms. The molecular formula is C31H41N5O2. The summed E-state index contributed by atoms with van der Waals surface area (Å²) in [6.45, 7) is 10.5. The summed E-state index contributed by atoms with van der Waals surface area (Å²) in [5, 5.41) is 10.4. The topological polar surface area (TPSA) is 98.5 Å². The van der Waals surface area contributed by atoms with E-state index in [-0.39, 0.29) is 11.9 Å². The lowest BCUT2D eigenvalue weighted by atomic mass is 9.89. The lowest BCUT2D eigenvalue weighted by molar-refractivity contribution is -0.0301. The second-order valence-corrected chi connectivity index (χ2v) is 11.6. The lowest BCUT2D eigenvalue weighted by Gasteiger charge is -2.37. The third kappa shape index (κ3) is 5.49. The van der Waals surface area contributed by atoms with E-state index in [0.717, 1.165) is 72.8 Å². The Morgan fingerprint density at radius 3 is 2.50 bits per heavy atom. The fourth-order valence-corrected chi connectivity index (χ4v) is 6.10. The van der Waals surface area contributed by atoms with Gasteiger partial charge in [0.15, 0.2) is 0 Å². The van der Waals surface area contributed by atoms with Gasteiger partial charge in [0, 0.05) is 48.9 Å². The number of aryl methyl sites for hydroxylation is 1. The number of nitrogens with one attached hydrogen (secondary N) is 1. The van der Waals surface area contributed by atoms with Crippen molar-refractivity contribution in [2.45, 2.75) is 78.1 Å². The molecule has 202 valence electrons. The monoisotopic (exact) mass is 515 g/mol. The van der Waals surface area contributed by atoms with Crippen LogP contribution in [0.25, 0.3) is 11.4 Å². The molecule has 2 aromatic carbocycles. The average Bonchev–Trinajstić information content (AvgIpc) is 3.31. The van der Waals surface area contributed by atoms with Gasteiger partial charge in [0.1, 0.15) is 12.1 Å². The molecule has 0 saturated carbocycles. The molecule has 7 nitrogen and oxygen atoms in total. The summed E-state index contributed by atoms with van der Waals surface area (Å²) in [7, 11) is 0. The second kappa shape index (κ2) is 10.9. The van der Waals surface area contributed by atoms with Gasteiger partial charge in [0.2, 0.25) is 0 Å². The summed E-state index contributed by atoms with van der Waals surface area (Å²) >= 11 is 0. The third-order valence-corrected chi connectivity index (χ3v) is 8.26. The fraction of sp³-hybridized carbons (Fsp3) is 0.484. The van der Waals surface area contributed by atoms with Crippen LogP contribution in [0.15, 0.2) is 42.5 Å². The number of anilines is 1. The molecule has 2 atom stereocenters. The Labute approximate surface area is 226 Å². The highest BCUT2D eigenvalue weighted by molar-refractivity contribution is 5.95. The summed E-state index contributed by atoms with van der Waals surface area (Å²) in [6, 6.07) is 14.4. The number of rotatable bonds is 6. The number of piperidine rings is 1. The van der Waals surface area contributed by atoms with Gasteiger partial charge in [-0.15, -0.1) is 0 Å². The number of imidazole rings is 1. The summed E-state index contributed by atoms with van der Waals surface area (Å²) < 4.78 is 0. The number of H-pyrrole nitrogens is 1. The van der Waals surface area contributed by atoms with Gasteiger partial charge in [-0.2, -0.15) is 0 Å². The number of benzene rings is 2. The SMILES string of the molecule is Cc1ccc(C(=O)N2CCC(c3ccc(N)cc3)CC2)cc1-c1nc2c([nH]1)CN(C(C)O)C(CC(C)C)C2. The highest BCUT2D eigenvalue weighted by Crippen LogP contribution is 2.32. The van der Waals surface area contributed by atoms with Crippen LogP contribution < -0.4 is 5.73 Å². The molecule has 1 fully saturated rings. The van der Waals surface area contributed by atoms with Crippen molar-refractivity contribution >= 4 is 11.6 Å². The molecule has 1 aromatic heterocycles. The third-order valence-electron chi connectivity index (χ3n) is 8.26. The Hall–Kier alpha value is -3.16. The smallest absolute Gasteiger partial charge is 0.253 e. The molecule has 7 heteroatoms. The van der Waals surface area contributed by atoms with Crippen molar-refractivity contribution in [3.05, 3.63) is 70.5 Å². The Balaban J connectivity index is 1.32. The van der Waals surface area contributed by atoms with Gasteiger partial charge in [-0.25, -0.2) is 4.98 Å². The molecule has 0 spiro atoms. The van der Waals surface area contributed by atoms with Crippen LogP contribution in [0.2, 0.25) is 0 Å². The van der Waals surface area contributed by atoms with Crippen molar-refractivity contribution in [2.75, 3.05) is 18.8 Å². The molecule has 1 amide bonds. The van der Waals surface area contributed by atoms with Gasteiger partial charge in [0.05, 0.1) is 11.4 Å². The Morgan fingerprint density at radius 2 is 1.84 bits per heavy atom. The second-order valence-electron chi connectivity index (χ2n) is 11.6. The van der Waals surface area contributed by atoms with E-state index in [1.54, 1.807) is 0 Å². The molecular weight excluding hydrogens is 474 g/mol. The normalized spacial score (nSPS) is 19.5. The first-order valence-corrected chi connectivity index (χ1v) is 14.0. The van der Waals surface area contributed by atoms with Crippen LogP contribution in [0.5, 0.6) is 0 Å². The van der Waals surface area contributed by atoms with Crippen molar-refractivity contribution in [3.8, 4) is 11.4 Å². The molecule has 0 bridgehead atoms. The Bertz CT molecular complexity index is 1270. The van der Waals surface area contributed by atoms with Crippen molar-refractivity contribution in [3.63, 3.8) is 0 Å².